The van der Waals surface area contributed by atoms with Crippen LogP contribution < -0.4 is 16.0 Å². The van der Waals surface area contributed by atoms with Crippen LogP contribution in [0.2, 0.25) is 0 Å². The Morgan fingerprint density at radius 2 is 1.97 bits per heavy atom. The number of carbonyl (C=O) groups is 2. The molecular weight excluding hydrogens is 366 g/mol. The van der Waals surface area contributed by atoms with Gasteiger partial charge in [0.05, 0.1) is 17.8 Å². The minimum absolute atomic E-state index is 0.146. The highest BCUT2D eigenvalue weighted by atomic mass is 16.2. The van der Waals surface area contributed by atoms with Gasteiger partial charge >= 0.3 is 0 Å². The highest BCUT2D eigenvalue weighted by Gasteiger charge is 2.32. The molecule has 2 aromatic rings. The van der Waals surface area contributed by atoms with Crippen LogP contribution in [0.1, 0.15) is 38.6 Å². The topological polar surface area (TPSA) is 88.1 Å². The second-order valence-corrected chi connectivity index (χ2v) is 8.53. The number of nitrogens with one attached hydrogen (secondary N) is 3. The Hall–Kier alpha value is -2.67. The molecule has 1 aliphatic rings. The average molecular weight is 398 g/mol. The summed E-state index contributed by atoms with van der Waals surface area (Å²) in [4.78, 5) is 29.9. The van der Waals surface area contributed by atoms with Crippen molar-refractivity contribution in [3.63, 3.8) is 0 Å². The minimum Gasteiger partial charge on any atom is -0.357 e. The number of rotatable bonds is 5. The molecule has 0 bridgehead atoms. The molecule has 0 saturated carbocycles. The van der Waals surface area contributed by atoms with Gasteiger partial charge in [0.1, 0.15) is 11.9 Å². The van der Waals surface area contributed by atoms with E-state index in [2.05, 4.69) is 20.5 Å². The monoisotopic (exact) mass is 397 g/mol. The van der Waals surface area contributed by atoms with Crippen LogP contribution in [0.25, 0.3) is 11.4 Å². The van der Waals surface area contributed by atoms with Gasteiger partial charge in [0, 0.05) is 25.7 Å². The van der Waals surface area contributed by atoms with Crippen LogP contribution in [0.15, 0.2) is 30.3 Å². The predicted octanol–water partition coefficient (Wildman–Crippen LogP) is 1.86. The molecule has 2 heterocycles. The molecule has 3 rings (SSSR count). The molecule has 1 aliphatic heterocycles. The van der Waals surface area contributed by atoms with Crippen LogP contribution >= 0.6 is 0 Å². The summed E-state index contributed by atoms with van der Waals surface area (Å²) in [5, 5.41) is 8.97. The van der Waals surface area contributed by atoms with E-state index in [4.69, 9.17) is 4.98 Å². The zero-order valence-electron chi connectivity index (χ0n) is 17.7. The SMILES string of the molecule is CNC(=O)[C@@H](NC(=O)Cc1nc(-c2ccccc2)n2c1CNCCC2)C(C)(C)C. The Balaban J connectivity index is 1.88. The summed E-state index contributed by atoms with van der Waals surface area (Å²) >= 11 is 0. The molecule has 29 heavy (non-hydrogen) atoms. The molecule has 1 aromatic carbocycles. The van der Waals surface area contributed by atoms with Gasteiger partial charge in [-0.1, -0.05) is 51.1 Å². The Bertz CT molecular complexity index is 867. The first-order valence-electron chi connectivity index (χ1n) is 10.2. The lowest BCUT2D eigenvalue weighted by Crippen LogP contribution is -2.53. The zero-order chi connectivity index (χ0) is 21.0. The standard InChI is InChI=1S/C22H31N5O2/c1-22(2,3)19(21(29)23-4)26-18(28)13-16-17-14-24-11-8-12-27(17)20(25-16)15-9-6-5-7-10-15/h5-7,9-10,19,24H,8,11-14H2,1-4H3,(H,23,29)(H,26,28)/t19-/m1/s1. The second-order valence-electron chi connectivity index (χ2n) is 8.53. The molecule has 2 amide bonds. The Labute approximate surface area is 172 Å². The molecular formula is C22H31N5O2. The summed E-state index contributed by atoms with van der Waals surface area (Å²) in [5.41, 5.74) is 2.46. The highest BCUT2D eigenvalue weighted by Crippen LogP contribution is 2.25. The van der Waals surface area contributed by atoms with Crippen LogP contribution in [-0.2, 0) is 29.1 Å². The largest absolute Gasteiger partial charge is 0.357 e. The van der Waals surface area contributed by atoms with Gasteiger partial charge in [0.2, 0.25) is 11.8 Å². The summed E-state index contributed by atoms with van der Waals surface area (Å²) in [6.45, 7) is 8.29. The number of imidazole rings is 1. The fraction of sp³-hybridized carbons (Fsp3) is 0.500. The normalized spacial score (nSPS) is 15.2. The van der Waals surface area contributed by atoms with E-state index < -0.39 is 11.5 Å². The van der Waals surface area contributed by atoms with Crippen molar-refractivity contribution in [2.45, 2.75) is 52.7 Å². The molecule has 0 saturated heterocycles. The first kappa shape index (κ1) is 21.0. The van der Waals surface area contributed by atoms with Crippen molar-refractivity contribution < 1.29 is 9.59 Å². The van der Waals surface area contributed by atoms with E-state index in [9.17, 15) is 9.59 Å². The minimum atomic E-state index is -0.604. The third-order valence-corrected chi connectivity index (χ3v) is 5.22. The molecule has 3 N–H and O–H groups in total. The average Bonchev–Trinajstić information content (AvgIpc) is 2.86. The number of nitrogens with zero attached hydrogens (tertiary/aromatic N) is 2. The molecule has 0 aliphatic carbocycles. The highest BCUT2D eigenvalue weighted by molar-refractivity contribution is 5.88. The van der Waals surface area contributed by atoms with Crippen molar-refractivity contribution in [2.75, 3.05) is 13.6 Å². The van der Waals surface area contributed by atoms with Gasteiger partial charge in [-0.2, -0.15) is 0 Å². The second kappa shape index (κ2) is 8.78. The summed E-state index contributed by atoms with van der Waals surface area (Å²) in [7, 11) is 1.58. The smallest absolute Gasteiger partial charge is 0.242 e. The van der Waals surface area contributed by atoms with Crippen molar-refractivity contribution >= 4 is 11.8 Å². The van der Waals surface area contributed by atoms with E-state index in [0.29, 0.717) is 6.54 Å². The molecule has 1 atom stereocenters. The van der Waals surface area contributed by atoms with Crippen molar-refractivity contribution in [1.29, 1.82) is 0 Å². The van der Waals surface area contributed by atoms with Crippen LogP contribution in [0.5, 0.6) is 0 Å². The van der Waals surface area contributed by atoms with Crippen LogP contribution in [0.3, 0.4) is 0 Å². The first-order chi connectivity index (χ1) is 13.8. The van der Waals surface area contributed by atoms with Crippen molar-refractivity contribution in [1.82, 2.24) is 25.5 Å². The van der Waals surface area contributed by atoms with Crippen LogP contribution in [0.4, 0.5) is 0 Å². The molecule has 7 heteroatoms. The predicted molar refractivity (Wildman–Crippen MR) is 113 cm³/mol. The first-order valence-corrected chi connectivity index (χ1v) is 10.2. The van der Waals surface area contributed by atoms with Gasteiger partial charge in [-0.25, -0.2) is 4.98 Å². The third kappa shape index (κ3) is 4.85. The summed E-state index contributed by atoms with van der Waals surface area (Å²) in [6.07, 6.45) is 1.16. The number of carbonyl (C=O) groups excluding carboxylic acids is 2. The van der Waals surface area contributed by atoms with Crippen molar-refractivity contribution in [3.8, 4) is 11.4 Å². The van der Waals surface area contributed by atoms with Crippen LogP contribution in [-0.4, -0.2) is 41.0 Å². The fourth-order valence-corrected chi connectivity index (χ4v) is 3.68. The van der Waals surface area contributed by atoms with E-state index >= 15 is 0 Å². The molecule has 0 fully saturated rings. The van der Waals surface area contributed by atoms with Crippen LogP contribution in [0, 0.1) is 5.41 Å². The van der Waals surface area contributed by atoms with E-state index in [1.54, 1.807) is 7.05 Å². The van der Waals surface area contributed by atoms with E-state index in [-0.39, 0.29) is 18.2 Å². The molecule has 0 radical (unpaired) electrons. The number of benzene rings is 1. The quantitative estimate of drug-likeness (QED) is 0.719. The molecule has 7 nitrogen and oxygen atoms in total. The summed E-state index contributed by atoms with van der Waals surface area (Å²) in [5.74, 6) is 0.505. The molecule has 0 unspecified atom stereocenters. The lowest BCUT2D eigenvalue weighted by Gasteiger charge is -2.29. The lowest BCUT2D eigenvalue weighted by molar-refractivity contribution is -0.131. The van der Waals surface area contributed by atoms with Gasteiger partial charge in [-0.3, -0.25) is 9.59 Å². The molecule has 0 spiro atoms. The fourth-order valence-electron chi connectivity index (χ4n) is 3.68. The summed E-state index contributed by atoms with van der Waals surface area (Å²) < 4.78 is 2.22. The number of hydrogen-bond acceptors (Lipinski definition) is 4. The lowest BCUT2D eigenvalue weighted by atomic mass is 9.86. The van der Waals surface area contributed by atoms with E-state index in [0.717, 1.165) is 42.3 Å². The van der Waals surface area contributed by atoms with Gasteiger partial charge < -0.3 is 20.5 Å². The maximum absolute atomic E-state index is 12.8. The number of amides is 2. The number of aromatic nitrogens is 2. The van der Waals surface area contributed by atoms with Crippen molar-refractivity contribution in [3.05, 3.63) is 41.7 Å². The third-order valence-electron chi connectivity index (χ3n) is 5.22. The van der Waals surface area contributed by atoms with Gasteiger partial charge in [-0.15, -0.1) is 0 Å². The zero-order valence-corrected chi connectivity index (χ0v) is 17.7. The number of fused-ring (bicyclic) bond motifs is 1. The van der Waals surface area contributed by atoms with E-state index in [1.807, 2.05) is 51.1 Å². The Morgan fingerprint density at radius 3 is 2.62 bits per heavy atom. The molecule has 1 aromatic heterocycles. The number of likely N-dealkylation sites (N-methyl/N-ethyl adjacent to an activating group) is 1. The van der Waals surface area contributed by atoms with Gasteiger partial charge in [0.25, 0.3) is 0 Å². The summed E-state index contributed by atoms with van der Waals surface area (Å²) in [6, 6.07) is 9.45. The number of hydrogen-bond donors (Lipinski definition) is 3. The van der Waals surface area contributed by atoms with Crippen molar-refractivity contribution in [2.24, 2.45) is 5.41 Å². The van der Waals surface area contributed by atoms with Gasteiger partial charge in [-0.05, 0) is 18.4 Å². The maximum Gasteiger partial charge on any atom is 0.242 e. The van der Waals surface area contributed by atoms with E-state index in [1.165, 1.54) is 0 Å². The van der Waals surface area contributed by atoms with Gasteiger partial charge in [0.15, 0.2) is 0 Å². The molecule has 156 valence electrons. The Morgan fingerprint density at radius 1 is 1.24 bits per heavy atom. The Kier molecular flexibility index (Phi) is 6.37. The maximum atomic E-state index is 12.8.